The molecule has 1 aliphatic heterocycles. The van der Waals surface area contributed by atoms with Gasteiger partial charge in [-0.25, -0.2) is 8.78 Å². The summed E-state index contributed by atoms with van der Waals surface area (Å²) in [6.45, 7) is 1.37. The minimum atomic E-state index is -4.63. The topological polar surface area (TPSA) is 77.0 Å². The van der Waals surface area contributed by atoms with Gasteiger partial charge in [-0.3, -0.25) is 4.79 Å². The molecule has 0 radical (unpaired) electrons. The zero-order valence-electron chi connectivity index (χ0n) is 14.9. The molecule has 152 valence electrons. The molecular formula is C17H18F5N5O. The van der Waals surface area contributed by atoms with Crippen LogP contribution in [0.15, 0.2) is 18.2 Å². The first kappa shape index (κ1) is 20.2. The smallest absolute Gasteiger partial charge is 0.331 e. The van der Waals surface area contributed by atoms with Gasteiger partial charge in [0.1, 0.15) is 11.6 Å². The fourth-order valence-corrected chi connectivity index (χ4v) is 3.25. The number of hydrogen-bond donors (Lipinski definition) is 1. The van der Waals surface area contributed by atoms with Gasteiger partial charge in [-0.1, -0.05) is 0 Å². The van der Waals surface area contributed by atoms with E-state index in [1.807, 2.05) is 0 Å². The maximum Gasteiger partial charge on any atom is 0.451 e. The minimum Gasteiger partial charge on any atom is -0.331 e. The first-order valence-corrected chi connectivity index (χ1v) is 8.54. The van der Waals surface area contributed by atoms with E-state index in [1.54, 1.807) is 6.92 Å². The van der Waals surface area contributed by atoms with Crippen LogP contribution in [-0.4, -0.2) is 37.7 Å². The second-order valence-electron chi connectivity index (χ2n) is 6.82. The van der Waals surface area contributed by atoms with Gasteiger partial charge in [0.05, 0.1) is 6.54 Å². The summed E-state index contributed by atoms with van der Waals surface area (Å²) in [4.78, 5) is 13.9. The van der Waals surface area contributed by atoms with Gasteiger partial charge < -0.3 is 15.2 Å². The van der Waals surface area contributed by atoms with Crippen molar-refractivity contribution in [3.8, 4) is 0 Å². The van der Waals surface area contributed by atoms with Gasteiger partial charge in [0.2, 0.25) is 11.7 Å². The number of aromatic nitrogens is 3. The highest BCUT2D eigenvalue weighted by molar-refractivity contribution is 5.77. The number of amides is 1. The maximum atomic E-state index is 13.7. The molecule has 0 bridgehead atoms. The highest BCUT2D eigenvalue weighted by atomic mass is 19.4. The molecule has 2 N–H and O–H groups in total. The van der Waals surface area contributed by atoms with Crippen LogP contribution in [0.5, 0.6) is 0 Å². The predicted molar refractivity (Wildman–Crippen MR) is 87.7 cm³/mol. The Hall–Kier alpha value is -2.56. The molecule has 28 heavy (non-hydrogen) atoms. The quantitative estimate of drug-likeness (QED) is 0.795. The van der Waals surface area contributed by atoms with Gasteiger partial charge in [0.15, 0.2) is 5.82 Å². The molecule has 1 aromatic heterocycles. The van der Waals surface area contributed by atoms with E-state index in [1.165, 1.54) is 4.90 Å². The average molecular weight is 403 g/mol. The molecule has 2 heterocycles. The molecule has 3 rings (SSSR count). The molecule has 11 heteroatoms. The molecule has 2 aromatic rings. The van der Waals surface area contributed by atoms with Crippen molar-refractivity contribution in [2.45, 2.75) is 51.1 Å². The summed E-state index contributed by atoms with van der Waals surface area (Å²) in [6.07, 6.45) is -4.85. The number of nitrogens with two attached hydrogens (primary N) is 1. The summed E-state index contributed by atoms with van der Waals surface area (Å²) in [6, 6.07) is 1.68. The average Bonchev–Trinajstić information content (AvgIpc) is 3.00. The molecule has 0 fully saturated rings. The maximum absolute atomic E-state index is 13.7. The Balaban J connectivity index is 1.68. The Labute approximate surface area is 157 Å². The molecule has 0 aliphatic carbocycles. The number of hydrogen-bond acceptors (Lipinski definition) is 4. The van der Waals surface area contributed by atoms with E-state index in [0.29, 0.717) is 0 Å². The SMILES string of the molecule is CC1Cn2c(nnc2C(F)(F)F)CN1C(=O)C[C@H](N)Cc1cc(F)ccc1F. The van der Waals surface area contributed by atoms with Crippen LogP contribution in [0.4, 0.5) is 22.0 Å². The zero-order chi connectivity index (χ0) is 20.6. The van der Waals surface area contributed by atoms with Crippen LogP contribution in [0.25, 0.3) is 0 Å². The van der Waals surface area contributed by atoms with Crippen molar-refractivity contribution in [1.82, 2.24) is 19.7 Å². The number of fused-ring (bicyclic) bond motifs is 1. The van der Waals surface area contributed by atoms with Crippen LogP contribution in [0.1, 0.15) is 30.6 Å². The number of carbonyl (C=O) groups is 1. The first-order chi connectivity index (χ1) is 13.1. The zero-order valence-corrected chi connectivity index (χ0v) is 14.9. The first-order valence-electron chi connectivity index (χ1n) is 8.54. The minimum absolute atomic E-state index is 0.0310. The van der Waals surface area contributed by atoms with Crippen LogP contribution in [-0.2, 0) is 30.5 Å². The fourth-order valence-electron chi connectivity index (χ4n) is 3.25. The van der Waals surface area contributed by atoms with E-state index in [4.69, 9.17) is 5.73 Å². The molecule has 0 spiro atoms. The highest BCUT2D eigenvalue weighted by Crippen LogP contribution is 2.30. The molecule has 1 aromatic carbocycles. The lowest BCUT2D eigenvalue weighted by atomic mass is 10.0. The number of benzene rings is 1. The third-order valence-corrected chi connectivity index (χ3v) is 4.62. The van der Waals surface area contributed by atoms with Gasteiger partial charge >= 0.3 is 6.18 Å². The number of alkyl halides is 3. The van der Waals surface area contributed by atoms with E-state index in [-0.39, 0.29) is 37.3 Å². The second-order valence-corrected chi connectivity index (χ2v) is 6.82. The van der Waals surface area contributed by atoms with E-state index in [0.717, 1.165) is 22.8 Å². The number of halogens is 5. The molecule has 0 saturated carbocycles. The Kier molecular flexibility index (Phi) is 5.37. The lowest BCUT2D eigenvalue weighted by molar-refractivity contribution is -0.148. The number of rotatable bonds is 4. The number of carbonyl (C=O) groups excluding carboxylic acids is 1. The largest absolute Gasteiger partial charge is 0.451 e. The van der Waals surface area contributed by atoms with Crippen molar-refractivity contribution in [1.29, 1.82) is 0 Å². The van der Waals surface area contributed by atoms with E-state index >= 15 is 0 Å². The van der Waals surface area contributed by atoms with Crippen molar-refractivity contribution in [2.24, 2.45) is 5.73 Å². The van der Waals surface area contributed by atoms with Crippen molar-refractivity contribution < 1.29 is 26.7 Å². The van der Waals surface area contributed by atoms with Crippen molar-refractivity contribution >= 4 is 5.91 Å². The van der Waals surface area contributed by atoms with Crippen LogP contribution in [0, 0.1) is 11.6 Å². The molecule has 1 unspecified atom stereocenters. The summed E-state index contributed by atoms with van der Waals surface area (Å²) in [5.41, 5.74) is 5.97. The van der Waals surface area contributed by atoms with Crippen LogP contribution < -0.4 is 5.73 Å². The Bertz CT molecular complexity index is 881. The lowest BCUT2D eigenvalue weighted by Crippen LogP contribution is -2.47. The fraction of sp³-hybridized carbons (Fsp3) is 0.471. The van der Waals surface area contributed by atoms with Crippen molar-refractivity contribution in [3.63, 3.8) is 0 Å². The molecule has 2 atom stereocenters. The number of nitrogens with zero attached hydrogens (tertiary/aromatic N) is 4. The van der Waals surface area contributed by atoms with E-state index < -0.39 is 41.6 Å². The molecule has 1 amide bonds. The summed E-state index contributed by atoms with van der Waals surface area (Å²) in [7, 11) is 0. The molecular weight excluding hydrogens is 385 g/mol. The van der Waals surface area contributed by atoms with Crippen LogP contribution in [0.2, 0.25) is 0 Å². The Morgan fingerprint density at radius 2 is 2.04 bits per heavy atom. The van der Waals surface area contributed by atoms with Crippen LogP contribution in [0.3, 0.4) is 0 Å². The van der Waals surface area contributed by atoms with E-state index in [2.05, 4.69) is 10.2 Å². The monoisotopic (exact) mass is 403 g/mol. The Morgan fingerprint density at radius 1 is 1.32 bits per heavy atom. The van der Waals surface area contributed by atoms with Gasteiger partial charge in [-0.2, -0.15) is 13.2 Å². The van der Waals surface area contributed by atoms with Crippen molar-refractivity contribution in [3.05, 3.63) is 47.0 Å². The third-order valence-electron chi connectivity index (χ3n) is 4.62. The van der Waals surface area contributed by atoms with Gasteiger partial charge in [0.25, 0.3) is 0 Å². The van der Waals surface area contributed by atoms with Gasteiger partial charge in [-0.05, 0) is 37.1 Å². The third kappa shape index (κ3) is 4.13. The van der Waals surface area contributed by atoms with Crippen LogP contribution >= 0.6 is 0 Å². The lowest BCUT2D eigenvalue weighted by Gasteiger charge is -2.34. The van der Waals surface area contributed by atoms with Gasteiger partial charge in [0, 0.05) is 25.0 Å². The molecule has 6 nitrogen and oxygen atoms in total. The highest BCUT2D eigenvalue weighted by Gasteiger charge is 2.41. The summed E-state index contributed by atoms with van der Waals surface area (Å²) in [5, 5.41) is 6.72. The van der Waals surface area contributed by atoms with E-state index in [9.17, 15) is 26.7 Å². The molecule has 0 saturated heterocycles. The molecule has 1 aliphatic rings. The second kappa shape index (κ2) is 7.46. The standard InChI is InChI=1S/C17H18F5N5O/c1-9-7-27-14(24-25-16(27)17(20,21)22)8-26(9)15(28)6-12(23)5-10-4-11(18)2-3-13(10)19/h2-4,9,12H,5-8,23H2,1H3/t9?,12-/m1/s1. The normalized spacial score (nSPS) is 18.1. The van der Waals surface area contributed by atoms with Crippen molar-refractivity contribution in [2.75, 3.05) is 0 Å². The summed E-state index contributed by atoms with van der Waals surface area (Å²) in [5.74, 6) is -2.70. The summed E-state index contributed by atoms with van der Waals surface area (Å²) < 4.78 is 66.8. The Morgan fingerprint density at radius 3 is 2.71 bits per heavy atom. The summed E-state index contributed by atoms with van der Waals surface area (Å²) >= 11 is 0. The predicted octanol–water partition coefficient (Wildman–Crippen LogP) is 2.27. The van der Waals surface area contributed by atoms with Gasteiger partial charge in [-0.15, -0.1) is 10.2 Å².